The molecule has 2 aromatic heterocycles. The summed E-state index contributed by atoms with van der Waals surface area (Å²) in [6, 6.07) is 2.05. The molecule has 0 spiro atoms. The standard InChI is InChI=1S/C15H20N4O3S/c1-10-8-11-14(17-9-18-15(11)23-10)19(2)7-5-12(20)16-6-3-4-13(21)22/h8-9H,3-7H2,1-2H3,(H,16,20)(H,21,22). The Morgan fingerprint density at radius 2 is 2.13 bits per heavy atom. The number of amides is 1. The van der Waals surface area contributed by atoms with Crippen molar-refractivity contribution < 1.29 is 14.7 Å². The molecule has 23 heavy (non-hydrogen) atoms. The predicted octanol–water partition coefficient (Wildman–Crippen LogP) is 1.81. The Hall–Kier alpha value is -2.22. The van der Waals surface area contributed by atoms with Gasteiger partial charge >= 0.3 is 5.97 Å². The van der Waals surface area contributed by atoms with E-state index in [2.05, 4.69) is 21.4 Å². The van der Waals surface area contributed by atoms with Crippen LogP contribution in [0.25, 0.3) is 10.2 Å². The summed E-state index contributed by atoms with van der Waals surface area (Å²) in [5.41, 5.74) is 0. The fourth-order valence-electron chi connectivity index (χ4n) is 2.20. The van der Waals surface area contributed by atoms with Crippen molar-refractivity contribution in [1.29, 1.82) is 0 Å². The summed E-state index contributed by atoms with van der Waals surface area (Å²) >= 11 is 1.62. The molecule has 2 aromatic rings. The van der Waals surface area contributed by atoms with Crippen LogP contribution >= 0.6 is 11.3 Å². The highest BCUT2D eigenvalue weighted by molar-refractivity contribution is 7.18. The van der Waals surface area contributed by atoms with Crippen LogP contribution in [0.2, 0.25) is 0 Å². The third kappa shape index (κ3) is 4.88. The molecule has 2 N–H and O–H groups in total. The van der Waals surface area contributed by atoms with Gasteiger partial charge in [-0.15, -0.1) is 11.3 Å². The first-order valence-electron chi connectivity index (χ1n) is 7.38. The third-order valence-electron chi connectivity index (χ3n) is 3.36. The largest absolute Gasteiger partial charge is 0.481 e. The molecule has 2 rings (SSSR count). The van der Waals surface area contributed by atoms with Gasteiger partial charge in [0.1, 0.15) is 17.0 Å². The molecular formula is C15H20N4O3S. The van der Waals surface area contributed by atoms with E-state index in [0.29, 0.717) is 25.9 Å². The molecule has 0 aromatic carbocycles. The van der Waals surface area contributed by atoms with Crippen LogP contribution in [0.5, 0.6) is 0 Å². The highest BCUT2D eigenvalue weighted by Gasteiger charge is 2.12. The van der Waals surface area contributed by atoms with E-state index < -0.39 is 5.97 Å². The van der Waals surface area contributed by atoms with E-state index >= 15 is 0 Å². The molecule has 0 fully saturated rings. The van der Waals surface area contributed by atoms with Crippen LogP contribution < -0.4 is 10.2 Å². The molecule has 8 heteroatoms. The van der Waals surface area contributed by atoms with E-state index in [0.717, 1.165) is 16.0 Å². The van der Waals surface area contributed by atoms with Gasteiger partial charge in [0.15, 0.2) is 0 Å². The fourth-order valence-corrected chi connectivity index (χ4v) is 3.04. The van der Waals surface area contributed by atoms with Crippen molar-refractivity contribution in [1.82, 2.24) is 15.3 Å². The van der Waals surface area contributed by atoms with Crippen LogP contribution in [0, 0.1) is 6.92 Å². The number of fused-ring (bicyclic) bond motifs is 1. The van der Waals surface area contributed by atoms with Gasteiger partial charge in [0, 0.05) is 37.9 Å². The number of nitrogens with one attached hydrogen (secondary N) is 1. The van der Waals surface area contributed by atoms with E-state index in [1.54, 1.807) is 11.3 Å². The molecule has 2 heterocycles. The average Bonchev–Trinajstić information content (AvgIpc) is 2.89. The average molecular weight is 336 g/mol. The third-order valence-corrected chi connectivity index (χ3v) is 4.32. The lowest BCUT2D eigenvalue weighted by atomic mass is 10.3. The molecule has 0 saturated heterocycles. The summed E-state index contributed by atoms with van der Waals surface area (Å²) in [6.07, 6.45) is 2.38. The Morgan fingerprint density at radius 1 is 1.35 bits per heavy atom. The molecule has 0 saturated carbocycles. The lowest BCUT2D eigenvalue weighted by Gasteiger charge is -2.18. The van der Waals surface area contributed by atoms with Crippen LogP contribution in [0.4, 0.5) is 5.82 Å². The number of nitrogens with zero attached hydrogens (tertiary/aromatic N) is 3. The number of carbonyl (C=O) groups is 2. The van der Waals surface area contributed by atoms with Crippen LogP contribution in [-0.4, -0.2) is 47.1 Å². The number of aliphatic carboxylic acids is 1. The lowest BCUT2D eigenvalue weighted by molar-refractivity contribution is -0.137. The quantitative estimate of drug-likeness (QED) is 0.714. The molecule has 0 atom stereocenters. The summed E-state index contributed by atoms with van der Waals surface area (Å²) in [7, 11) is 1.90. The molecule has 7 nitrogen and oxygen atoms in total. The number of hydrogen-bond donors (Lipinski definition) is 2. The maximum atomic E-state index is 11.8. The summed E-state index contributed by atoms with van der Waals surface area (Å²) < 4.78 is 0. The van der Waals surface area contributed by atoms with E-state index in [4.69, 9.17) is 5.11 Å². The zero-order valence-electron chi connectivity index (χ0n) is 13.2. The van der Waals surface area contributed by atoms with Crippen molar-refractivity contribution in [2.24, 2.45) is 0 Å². The van der Waals surface area contributed by atoms with Crippen LogP contribution in [0.3, 0.4) is 0 Å². The minimum Gasteiger partial charge on any atom is -0.481 e. The number of hydrogen-bond acceptors (Lipinski definition) is 6. The zero-order chi connectivity index (χ0) is 16.8. The molecule has 0 aliphatic heterocycles. The summed E-state index contributed by atoms with van der Waals surface area (Å²) in [4.78, 5) is 34.8. The molecule has 124 valence electrons. The zero-order valence-corrected chi connectivity index (χ0v) is 14.0. The number of rotatable bonds is 8. The number of carboxylic acid groups (broad SMARTS) is 1. The van der Waals surface area contributed by atoms with Crippen molar-refractivity contribution in [2.75, 3.05) is 25.0 Å². The topological polar surface area (TPSA) is 95.4 Å². The second-order valence-electron chi connectivity index (χ2n) is 5.29. The van der Waals surface area contributed by atoms with Gasteiger partial charge in [-0.3, -0.25) is 9.59 Å². The van der Waals surface area contributed by atoms with Gasteiger partial charge in [0.05, 0.1) is 5.39 Å². The SMILES string of the molecule is Cc1cc2c(N(C)CCC(=O)NCCCC(=O)O)ncnc2s1. The first-order chi connectivity index (χ1) is 11.0. The molecule has 1 amide bonds. The highest BCUT2D eigenvalue weighted by atomic mass is 32.1. The van der Waals surface area contributed by atoms with Crippen molar-refractivity contribution in [3.8, 4) is 0 Å². The van der Waals surface area contributed by atoms with E-state index in [1.807, 2.05) is 18.9 Å². The smallest absolute Gasteiger partial charge is 0.303 e. The molecule has 0 unspecified atom stereocenters. The van der Waals surface area contributed by atoms with Crippen molar-refractivity contribution in [3.05, 3.63) is 17.3 Å². The van der Waals surface area contributed by atoms with Crippen LogP contribution in [0.1, 0.15) is 24.1 Å². The first kappa shape index (κ1) is 17.1. The lowest BCUT2D eigenvalue weighted by Crippen LogP contribution is -2.30. The molecule has 0 radical (unpaired) electrons. The maximum absolute atomic E-state index is 11.8. The minimum atomic E-state index is -0.849. The second-order valence-corrected chi connectivity index (χ2v) is 6.53. The number of anilines is 1. The van der Waals surface area contributed by atoms with Gasteiger partial charge in [-0.1, -0.05) is 0 Å². The monoisotopic (exact) mass is 336 g/mol. The van der Waals surface area contributed by atoms with Gasteiger partial charge in [0.2, 0.25) is 5.91 Å². The Balaban J connectivity index is 1.85. The summed E-state index contributed by atoms with van der Waals surface area (Å²) in [5.74, 6) is -0.120. The van der Waals surface area contributed by atoms with E-state index in [1.165, 1.54) is 11.2 Å². The fraction of sp³-hybridized carbons (Fsp3) is 0.467. The molecule has 0 aliphatic carbocycles. The van der Waals surface area contributed by atoms with Crippen molar-refractivity contribution in [2.45, 2.75) is 26.2 Å². The Morgan fingerprint density at radius 3 is 2.87 bits per heavy atom. The Kier molecular flexibility index (Phi) is 5.86. The van der Waals surface area contributed by atoms with Crippen molar-refractivity contribution in [3.63, 3.8) is 0 Å². The van der Waals surface area contributed by atoms with Crippen LogP contribution in [-0.2, 0) is 9.59 Å². The summed E-state index contributed by atoms with van der Waals surface area (Å²) in [6.45, 7) is 2.95. The Labute approximate surface area is 138 Å². The van der Waals surface area contributed by atoms with Gasteiger partial charge in [-0.05, 0) is 19.4 Å². The normalized spacial score (nSPS) is 10.7. The minimum absolute atomic E-state index is 0.0661. The molecular weight excluding hydrogens is 316 g/mol. The van der Waals surface area contributed by atoms with Crippen LogP contribution in [0.15, 0.2) is 12.4 Å². The maximum Gasteiger partial charge on any atom is 0.303 e. The number of aryl methyl sites for hydroxylation is 1. The van der Waals surface area contributed by atoms with Gasteiger partial charge in [-0.25, -0.2) is 9.97 Å². The number of aromatic nitrogens is 2. The van der Waals surface area contributed by atoms with Crippen molar-refractivity contribution >= 4 is 39.2 Å². The Bertz CT molecular complexity index is 701. The molecule has 0 aliphatic rings. The molecule has 0 bridgehead atoms. The van der Waals surface area contributed by atoms with Gasteiger partial charge in [-0.2, -0.15) is 0 Å². The highest BCUT2D eigenvalue weighted by Crippen LogP contribution is 2.29. The first-order valence-corrected chi connectivity index (χ1v) is 8.20. The van der Waals surface area contributed by atoms with Gasteiger partial charge in [0.25, 0.3) is 0 Å². The number of carbonyl (C=O) groups excluding carboxylic acids is 1. The predicted molar refractivity (Wildman–Crippen MR) is 89.9 cm³/mol. The van der Waals surface area contributed by atoms with E-state index in [-0.39, 0.29) is 12.3 Å². The number of thiophene rings is 1. The number of carboxylic acids is 1. The van der Waals surface area contributed by atoms with E-state index in [9.17, 15) is 9.59 Å². The summed E-state index contributed by atoms with van der Waals surface area (Å²) in [5, 5.41) is 12.3. The van der Waals surface area contributed by atoms with Gasteiger partial charge < -0.3 is 15.3 Å². The second kappa shape index (κ2) is 7.87.